The molecule has 0 spiro atoms. The van der Waals surface area contributed by atoms with Crippen LogP contribution in [0.2, 0.25) is 0 Å². The van der Waals surface area contributed by atoms with Gasteiger partial charge in [0.25, 0.3) is 0 Å². The summed E-state index contributed by atoms with van der Waals surface area (Å²) in [4.78, 5) is 27.3. The van der Waals surface area contributed by atoms with E-state index in [-0.39, 0.29) is 101 Å². The molecule has 2 aromatic rings. The molecule has 13 heteroatoms. The Morgan fingerprint density at radius 2 is 1.45 bits per heavy atom. The van der Waals surface area contributed by atoms with Crippen molar-refractivity contribution < 1.29 is 132 Å². The van der Waals surface area contributed by atoms with Crippen molar-refractivity contribution in [1.82, 2.24) is 0 Å². The molecule has 9 nitrogen and oxygen atoms in total. The van der Waals surface area contributed by atoms with Gasteiger partial charge in [0.05, 0.1) is 32.5 Å². The van der Waals surface area contributed by atoms with Crippen LogP contribution in [-0.2, 0) is 4.57 Å². The maximum absolute atomic E-state index is 9.14. The summed E-state index contributed by atoms with van der Waals surface area (Å²) in [5, 5.41) is 9.02. The Balaban J connectivity index is 0.000000795. The summed E-state index contributed by atoms with van der Waals surface area (Å²) in [6.45, 7) is 0.615. The molecule has 0 amide bonds. The Bertz CT molecular complexity index is 951. The number of hydrogen-bond acceptors (Lipinski definition) is 9. The van der Waals surface area contributed by atoms with Crippen LogP contribution in [0.3, 0.4) is 0 Å². The van der Waals surface area contributed by atoms with Gasteiger partial charge in [-0.05, 0) is 25.8 Å². The SMILES string of the molecule is COc1ccc2c(c1)OC1c3ccc(OC)cc3OCC21.O=C([O-])P(=O)([O-])[O-].[Na+].[Na+].[Na+]. The Kier molecular flexibility index (Phi) is 13.3. The van der Waals surface area contributed by atoms with E-state index in [0.717, 1.165) is 28.6 Å². The summed E-state index contributed by atoms with van der Waals surface area (Å²) in [7, 11) is -2.12. The van der Waals surface area contributed by atoms with E-state index in [1.54, 1.807) is 14.2 Å². The molecule has 0 aliphatic carbocycles. The Hall–Kier alpha value is 0.260. The molecule has 0 fully saturated rings. The molecular formula is C18H16Na3O9P. The predicted octanol–water partition coefficient (Wildman–Crippen LogP) is -8.43. The number of methoxy groups -OCH3 is 2. The van der Waals surface area contributed by atoms with Gasteiger partial charge in [-0.15, -0.1) is 0 Å². The van der Waals surface area contributed by atoms with Crippen molar-refractivity contribution in [2.24, 2.45) is 0 Å². The second-order valence-electron chi connectivity index (χ2n) is 6.03. The average Bonchev–Trinajstić information content (AvgIpc) is 3.05. The summed E-state index contributed by atoms with van der Waals surface area (Å²) in [6.07, 6.45) is 0.00163. The van der Waals surface area contributed by atoms with Gasteiger partial charge in [-0.1, -0.05) is 6.07 Å². The number of carbonyl (C=O) groups is 1. The molecule has 2 aliphatic rings. The van der Waals surface area contributed by atoms with Crippen LogP contribution in [-0.4, -0.2) is 26.5 Å². The van der Waals surface area contributed by atoms with Crippen LogP contribution >= 0.6 is 7.60 Å². The van der Waals surface area contributed by atoms with Gasteiger partial charge in [-0.2, -0.15) is 0 Å². The number of fused-ring (bicyclic) bond motifs is 5. The Morgan fingerprint density at radius 3 is 1.94 bits per heavy atom. The number of rotatable bonds is 3. The molecule has 0 bridgehead atoms. The van der Waals surface area contributed by atoms with E-state index in [1.807, 2.05) is 30.3 Å². The van der Waals surface area contributed by atoms with Crippen molar-refractivity contribution in [3.05, 3.63) is 47.5 Å². The standard InChI is InChI=1S/C17H16O4.CH3O5P.3Na/c1-18-10-4-6-13-15(7-10)20-9-14-12-5-3-11(19-2)8-16(12)21-17(13)14;2-1(3)7(4,5)6;;;/h3-8,14,17H,9H2,1-2H3;(H,2,3)(H2,4,5,6);;;/q;;3*+1/p-3. The largest absolute Gasteiger partial charge is 1.00 e. The zero-order valence-electron chi connectivity index (χ0n) is 17.9. The predicted molar refractivity (Wildman–Crippen MR) is 90.6 cm³/mol. The number of hydrogen-bond donors (Lipinski definition) is 0. The minimum Gasteiger partial charge on any atom is -0.807 e. The van der Waals surface area contributed by atoms with Gasteiger partial charge in [-0.25, -0.2) is 0 Å². The van der Waals surface area contributed by atoms with Crippen LogP contribution in [0.5, 0.6) is 23.0 Å². The number of ether oxygens (including phenoxy) is 4. The minimum atomic E-state index is -5.43. The van der Waals surface area contributed by atoms with Crippen LogP contribution in [0.25, 0.3) is 0 Å². The van der Waals surface area contributed by atoms with Crippen molar-refractivity contribution in [2.45, 2.75) is 12.0 Å². The summed E-state index contributed by atoms with van der Waals surface area (Å²) >= 11 is 0. The number of carbonyl (C=O) groups excluding carboxylic acids is 1. The van der Waals surface area contributed by atoms with E-state index < -0.39 is 13.3 Å². The van der Waals surface area contributed by atoms with E-state index >= 15 is 0 Å². The first-order valence-electron chi connectivity index (χ1n) is 8.13. The summed E-state index contributed by atoms with van der Waals surface area (Å²) in [5.74, 6) is 3.56. The second-order valence-corrected chi connectivity index (χ2v) is 7.39. The summed E-state index contributed by atoms with van der Waals surface area (Å²) in [6, 6.07) is 11.9. The van der Waals surface area contributed by atoms with Crippen molar-refractivity contribution in [3.63, 3.8) is 0 Å². The fourth-order valence-electron chi connectivity index (χ4n) is 3.07. The molecular weight excluding hydrogens is 460 g/mol. The van der Waals surface area contributed by atoms with Gasteiger partial charge < -0.3 is 43.2 Å². The topological polar surface area (TPSA) is 140 Å². The Morgan fingerprint density at radius 1 is 0.968 bits per heavy atom. The molecule has 0 radical (unpaired) electrons. The molecule has 4 rings (SSSR count). The first kappa shape index (κ1) is 31.3. The van der Waals surface area contributed by atoms with Crippen LogP contribution in [0.15, 0.2) is 36.4 Å². The molecule has 0 saturated carbocycles. The number of benzene rings is 2. The van der Waals surface area contributed by atoms with E-state index in [1.165, 1.54) is 5.56 Å². The third-order valence-corrected chi connectivity index (χ3v) is 4.86. The van der Waals surface area contributed by atoms with Gasteiger partial charge in [0.1, 0.15) is 29.1 Å². The zero-order chi connectivity index (χ0) is 20.5. The van der Waals surface area contributed by atoms with Crippen LogP contribution in [0, 0.1) is 0 Å². The molecule has 0 N–H and O–H groups in total. The van der Waals surface area contributed by atoms with Gasteiger partial charge in [0.15, 0.2) is 0 Å². The second kappa shape index (κ2) is 13.2. The monoisotopic (exact) mass is 476 g/mol. The van der Waals surface area contributed by atoms with E-state index in [9.17, 15) is 0 Å². The van der Waals surface area contributed by atoms with Crippen molar-refractivity contribution >= 4 is 13.3 Å². The quantitative estimate of drug-likeness (QED) is 0.312. The number of carboxylic acid groups (broad SMARTS) is 1. The Labute approximate surface area is 245 Å². The van der Waals surface area contributed by atoms with Crippen LogP contribution in [0.1, 0.15) is 23.1 Å². The van der Waals surface area contributed by atoms with E-state index in [0.29, 0.717) is 6.61 Å². The van der Waals surface area contributed by atoms with Crippen LogP contribution < -0.4 is 123 Å². The fourth-order valence-corrected chi connectivity index (χ4v) is 3.07. The van der Waals surface area contributed by atoms with Gasteiger partial charge in [-0.3, -0.25) is 0 Å². The fraction of sp³-hybridized carbons (Fsp3) is 0.278. The minimum absolute atomic E-state index is 0. The normalized spacial score (nSPS) is 17.0. The molecule has 2 heterocycles. The third-order valence-electron chi connectivity index (χ3n) is 4.41. The zero-order valence-corrected chi connectivity index (χ0v) is 24.8. The van der Waals surface area contributed by atoms with Gasteiger partial charge in [0, 0.05) is 23.3 Å². The first-order chi connectivity index (χ1) is 13.2. The molecule has 2 atom stereocenters. The molecule has 0 aromatic heterocycles. The van der Waals surface area contributed by atoms with Gasteiger partial charge >= 0.3 is 88.7 Å². The summed E-state index contributed by atoms with van der Waals surface area (Å²) in [5.41, 5.74) is -0.308. The van der Waals surface area contributed by atoms with Gasteiger partial charge in [0.2, 0.25) is 0 Å². The third kappa shape index (κ3) is 7.37. The van der Waals surface area contributed by atoms with E-state index in [2.05, 4.69) is 6.07 Å². The van der Waals surface area contributed by atoms with Crippen molar-refractivity contribution in [1.29, 1.82) is 0 Å². The van der Waals surface area contributed by atoms with Crippen molar-refractivity contribution in [2.75, 3.05) is 20.8 Å². The molecule has 2 aliphatic heterocycles. The maximum Gasteiger partial charge on any atom is 1.00 e. The molecule has 0 saturated heterocycles. The molecule has 31 heavy (non-hydrogen) atoms. The molecule has 2 aromatic carbocycles. The first-order valence-corrected chi connectivity index (χ1v) is 9.67. The molecule has 150 valence electrons. The van der Waals surface area contributed by atoms with E-state index in [4.69, 9.17) is 43.2 Å². The summed E-state index contributed by atoms with van der Waals surface area (Å²) < 4.78 is 31.7. The average molecular weight is 476 g/mol. The smallest absolute Gasteiger partial charge is 0.807 e. The van der Waals surface area contributed by atoms with Crippen LogP contribution in [0.4, 0.5) is 4.79 Å². The molecule has 2 unspecified atom stereocenters. The van der Waals surface area contributed by atoms with Crippen molar-refractivity contribution in [3.8, 4) is 23.0 Å². The maximum atomic E-state index is 9.14.